The van der Waals surface area contributed by atoms with E-state index in [0.29, 0.717) is 6.54 Å². The summed E-state index contributed by atoms with van der Waals surface area (Å²) in [6.07, 6.45) is 0. The number of carbonyl (C=O) groups is 1. The number of rotatable bonds is 1. The van der Waals surface area contributed by atoms with Crippen LogP contribution in [0.5, 0.6) is 0 Å². The minimum absolute atomic E-state index is 0.00803. The summed E-state index contributed by atoms with van der Waals surface area (Å²) in [5, 5.41) is 2.89. The summed E-state index contributed by atoms with van der Waals surface area (Å²) in [6.45, 7) is 0.341. The van der Waals surface area contributed by atoms with Gasteiger partial charge in [-0.3, -0.25) is 4.79 Å². The molecule has 0 radical (unpaired) electrons. The van der Waals surface area contributed by atoms with Gasteiger partial charge in [-0.1, -0.05) is 34.1 Å². The van der Waals surface area contributed by atoms with E-state index < -0.39 is 0 Å². The fourth-order valence-corrected chi connectivity index (χ4v) is 2.44. The quantitative estimate of drug-likeness (QED) is 0.874. The maximum Gasteiger partial charge on any atom is 0.244 e. The molecular weight excluding hydrogens is 292 g/mol. The lowest BCUT2D eigenvalue weighted by Gasteiger charge is -2.31. The first-order valence-corrected chi connectivity index (χ1v) is 6.45. The maximum atomic E-state index is 11.7. The first-order chi connectivity index (χ1) is 8.74. The summed E-state index contributed by atoms with van der Waals surface area (Å²) >= 11 is 3.47. The van der Waals surface area contributed by atoms with Crippen molar-refractivity contribution in [2.45, 2.75) is 0 Å². The number of anilines is 3. The van der Waals surface area contributed by atoms with E-state index in [4.69, 9.17) is 0 Å². The number of benzene rings is 2. The Morgan fingerprint density at radius 1 is 1.11 bits per heavy atom. The van der Waals surface area contributed by atoms with Crippen LogP contribution < -0.4 is 10.2 Å². The SMILES string of the molecule is O=C1CN(c2ccccc2)c2cc(Br)ccc2N1. The van der Waals surface area contributed by atoms with E-state index in [1.165, 1.54) is 0 Å². The smallest absolute Gasteiger partial charge is 0.244 e. The third-order valence-corrected chi connectivity index (χ3v) is 3.39. The number of nitrogens with zero attached hydrogens (tertiary/aromatic N) is 1. The molecule has 0 fully saturated rings. The van der Waals surface area contributed by atoms with Gasteiger partial charge in [-0.25, -0.2) is 0 Å². The third kappa shape index (κ3) is 1.99. The Balaban J connectivity index is 2.12. The normalized spacial score (nSPS) is 14.1. The lowest BCUT2D eigenvalue weighted by molar-refractivity contribution is -0.115. The topological polar surface area (TPSA) is 32.3 Å². The molecule has 1 amide bonds. The van der Waals surface area contributed by atoms with E-state index in [9.17, 15) is 4.79 Å². The highest BCUT2D eigenvalue weighted by Gasteiger charge is 2.22. The summed E-state index contributed by atoms with van der Waals surface area (Å²) in [5.74, 6) is 0.00803. The molecule has 18 heavy (non-hydrogen) atoms. The summed E-state index contributed by atoms with van der Waals surface area (Å²) in [6, 6.07) is 15.8. The highest BCUT2D eigenvalue weighted by atomic mass is 79.9. The number of carbonyl (C=O) groups excluding carboxylic acids is 1. The molecule has 0 unspecified atom stereocenters. The molecule has 0 saturated heterocycles. The Labute approximate surface area is 114 Å². The second-order valence-electron chi connectivity index (χ2n) is 4.13. The van der Waals surface area contributed by atoms with Crippen molar-refractivity contribution < 1.29 is 4.79 Å². The molecule has 3 rings (SSSR count). The van der Waals surface area contributed by atoms with Crippen LogP contribution in [0.3, 0.4) is 0 Å². The first-order valence-electron chi connectivity index (χ1n) is 5.66. The summed E-state index contributed by atoms with van der Waals surface area (Å²) in [7, 11) is 0. The van der Waals surface area contributed by atoms with Gasteiger partial charge in [0.25, 0.3) is 0 Å². The van der Waals surface area contributed by atoms with E-state index in [1.54, 1.807) is 0 Å². The molecule has 1 aliphatic heterocycles. The largest absolute Gasteiger partial charge is 0.330 e. The van der Waals surface area contributed by atoms with E-state index in [1.807, 2.05) is 53.4 Å². The average Bonchev–Trinajstić information content (AvgIpc) is 2.39. The zero-order chi connectivity index (χ0) is 12.5. The standard InChI is InChI=1S/C14H11BrN2O/c15-10-6-7-12-13(8-10)17(9-14(18)16-12)11-4-2-1-3-5-11/h1-8H,9H2,(H,16,18). The first kappa shape index (κ1) is 11.3. The minimum atomic E-state index is 0.00803. The molecule has 1 aliphatic rings. The molecule has 0 saturated carbocycles. The van der Waals surface area contributed by atoms with Crippen molar-refractivity contribution in [3.05, 3.63) is 53.0 Å². The van der Waals surface area contributed by atoms with Gasteiger partial charge in [0, 0.05) is 10.2 Å². The monoisotopic (exact) mass is 302 g/mol. The number of hydrogen-bond donors (Lipinski definition) is 1. The van der Waals surface area contributed by atoms with Crippen LogP contribution in [-0.4, -0.2) is 12.5 Å². The van der Waals surface area contributed by atoms with Crippen LogP contribution in [-0.2, 0) is 4.79 Å². The molecule has 0 atom stereocenters. The number of nitrogens with one attached hydrogen (secondary N) is 1. The molecule has 0 spiro atoms. The molecule has 0 aromatic heterocycles. The van der Waals surface area contributed by atoms with Crippen molar-refractivity contribution >= 4 is 38.9 Å². The van der Waals surface area contributed by atoms with Gasteiger partial charge in [-0.15, -0.1) is 0 Å². The average molecular weight is 303 g/mol. The molecule has 2 aromatic carbocycles. The molecule has 2 aromatic rings. The highest BCUT2D eigenvalue weighted by Crippen LogP contribution is 2.36. The van der Waals surface area contributed by atoms with Gasteiger partial charge >= 0.3 is 0 Å². The Bertz CT molecular complexity index is 598. The van der Waals surface area contributed by atoms with E-state index in [2.05, 4.69) is 21.2 Å². The van der Waals surface area contributed by atoms with Crippen molar-refractivity contribution in [2.24, 2.45) is 0 Å². The number of amides is 1. The minimum Gasteiger partial charge on any atom is -0.330 e. The molecular formula is C14H11BrN2O. The zero-order valence-electron chi connectivity index (χ0n) is 9.56. The van der Waals surface area contributed by atoms with Crippen molar-refractivity contribution in [1.29, 1.82) is 0 Å². The lowest BCUT2D eigenvalue weighted by atomic mass is 10.1. The van der Waals surface area contributed by atoms with Gasteiger partial charge in [-0.05, 0) is 30.3 Å². The molecule has 4 heteroatoms. The fourth-order valence-electron chi connectivity index (χ4n) is 2.09. The molecule has 1 heterocycles. The molecule has 0 bridgehead atoms. The number of para-hydroxylation sites is 1. The predicted octanol–water partition coefficient (Wildman–Crippen LogP) is 3.54. The van der Waals surface area contributed by atoms with Crippen molar-refractivity contribution in [1.82, 2.24) is 0 Å². The van der Waals surface area contributed by atoms with Crippen LogP contribution >= 0.6 is 15.9 Å². The van der Waals surface area contributed by atoms with Crippen molar-refractivity contribution in [3.63, 3.8) is 0 Å². The zero-order valence-corrected chi connectivity index (χ0v) is 11.1. The van der Waals surface area contributed by atoms with Crippen LogP contribution in [0.1, 0.15) is 0 Å². The molecule has 1 N–H and O–H groups in total. The van der Waals surface area contributed by atoms with Gasteiger partial charge in [-0.2, -0.15) is 0 Å². The summed E-state index contributed by atoms with van der Waals surface area (Å²) in [4.78, 5) is 13.7. The third-order valence-electron chi connectivity index (χ3n) is 2.89. The summed E-state index contributed by atoms with van der Waals surface area (Å²) in [5.41, 5.74) is 2.88. The van der Waals surface area contributed by atoms with Gasteiger partial charge in [0.05, 0.1) is 11.4 Å². The molecule has 0 aliphatic carbocycles. The second-order valence-corrected chi connectivity index (χ2v) is 5.05. The number of hydrogen-bond acceptors (Lipinski definition) is 2. The number of halogens is 1. The molecule has 3 nitrogen and oxygen atoms in total. The van der Waals surface area contributed by atoms with E-state index in [0.717, 1.165) is 21.5 Å². The Kier molecular flexibility index (Phi) is 2.80. The van der Waals surface area contributed by atoms with Gasteiger partial charge in [0.2, 0.25) is 5.91 Å². The number of fused-ring (bicyclic) bond motifs is 1. The van der Waals surface area contributed by atoms with Crippen LogP contribution in [0, 0.1) is 0 Å². The molecule has 90 valence electrons. The fraction of sp³-hybridized carbons (Fsp3) is 0.0714. The Morgan fingerprint density at radius 2 is 1.89 bits per heavy atom. The maximum absolute atomic E-state index is 11.7. The van der Waals surface area contributed by atoms with Crippen LogP contribution in [0.15, 0.2) is 53.0 Å². The Hall–Kier alpha value is -1.81. The highest BCUT2D eigenvalue weighted by molar-refractivity contribution is 9.10. The van der Waals surface area contributed by atoms with Gasteiger partial charge in [0.15, 0.2) is 0 Å². The van der Waals surface area contributed by atoms with Crippen molar-refractivity contribution in [3.8, 4) is 0 Å². The van der Waals surface area contributed by atoms with E-state index in [-0.39, 0.29) is 5.91 Å². The summed E-state index contributed by atoms with van der Waals surface area (Å²) < 4.78 is 0.998. The predicted molar refractivity (Wildman–Crippen MR) is 76.2 cm³/mol. The van der Waals surface area contributed by atoms with Crippen LogP contribution in [0.4, 0.5) is 17.1 Å². The second kappa shape index (κ2) is 4.46. The van der Waals surface area contributed by atoms with E-state index >= 15 is 0 Å². The van der Waals surface area contributed by atoms with Gasteiger partial charge < -0.3 is 10.2 Å². The van der Waals surface area contributed by atoms with Crippen molar-refractivity contribution in [2.75, 3.05) is 16.8 Å². The van der Waals surface area contributed by atoms with Crippen LogP contribution in [0.25, 0.3) is 0 Å². The Morgan fingerprint density at radius 3 is 2.67 bits per heavy atom. The van der Waals surface area contributed by atoms with Gasteiger partial charge in [0.1, 0.15) is 6.54 Å². The lowest BCUT2D eigenvalue weighted by Crippen LogP contribution is -2.34. The van der Waals surface area contributed by atoms with Crippen LogP contribution in [0.2, 0.25) is 0 Å².